The van der Waals surface area contributed by atoms with Gasteiger partial charge in [0, 0.05) is 21.7 Å². The molecular weight excluding hydrogens is 172 g/mol. The predicted octanol–water partition coefficient (Wildman–Crippen LogP) is 1.11. The zero-order valence-corrected chi connectivity index (χ0v) is 7.61. The van der Waals surface area contributed by atoms with Gasteiger partial charge in [-0.2, -0.15) is 4.89 Å². The van der Waals surface area contributed by atoms with Gasteiger partial charge in [0.2, 0.25) is 0 Å². The number of rotatable bonds is 3. The van der Waals surface area contributed by atoms with Gasteiger partial charge in [-0.25, -0.2) is 4.79 Å². The first-order valence-corrected chi connectivity index (χ1v) is 2.77. The van der Waals surface area contributed by atoms with Crippen molar-refractivity contribution in [2.45, 2.75) is 13.8 Å². The molecule has 0 aliphatic heterocycles. The fourth-order valence-corrected chi connectivity index (χ4v) is 0.249. The molecule has 0 bridgehead atoms. The Balaban J connectivity index is 0. The standard InChI is InChI=1S/C5H10O4.Ti/c1-3-7-5(6)9-8-4-2;/h3-4H2,1-2H3;. The Morgan fingerprint density at radius 1 is 1.30 bits per heavy atom. The summed E-state index contributed by atoms with van der Waals surface area (Å²) < 4.78 is 4.36. The van der Waals surface area contributed by atoms with Gasteiger partial charge in [-0.3, -0.25) is 4.89 Å². The van der Waals surface area contributed by atoms with E-state index in [-0.39, 0.29) is 21.7 Å². The summed E-state index contributed by atoms with van der Waals surface area (Å²) in [5, 5.41) is 0. The van der Waals surface area contributed by atoms with E-state index in [1.165, 1.54) is 0 Å². The fraction of sp³-hybridized carbons (Fsp3) is 0.800. The molecule has 0 aromatic rings. The van der Waals surface area contributed by atoms with Gasteiger partial charge >= 0.3 is 6.16 Å². The molecule has 0 aliphatic carbocycles. The summed E-state index contributed by atoms with van der Waals surface area (Å²) in [7, 11) is 0. The van der Waals surface area contributed by atoms with Crippen molar-refractivity contribution < 1.29 is 41.0 Å². The fourth-order valence-electron chi connectivity index (χ4n) is 0.249. The minimum atomic E-state index is -0.792. The number of hydrogen-bond donors (Lipinski definition) is 0. The molecule has 4 nitrogen and oxygen atoms in total. The van der Waals surface area contributed by atoms with Crippen molar-refractivity contribution in [1.29, 1.82) is 0 Å². The first-order chi connectivity index (χ1) is 4.31. The average molecular weight is 182 g/mol. The third-order valence-electron chi connectivity index (χ3n) is 0.507. The summed E-state index contributed by atoms with van der Waals surface area (Å²) in [6.07, 6.45) is -0.792. The van der Waals surface area contributed by atoms with Crippen molar-refractivity contribution in [3.8, 4) is 0 Å². The summed E-state index contributed by atoms with van der Waals surface area (Å²) in [5.41, 5.74) is 0. The van der Waals surface area contributed by atoms with E-state index in [1.54, 1.807) is 13.8 Å². The van der Waals surface area contributed by atoms with Crippen LogP contribution < -0.4 is 0 Å². The third kappa shape index (κ3) is 7.94. The van der Waals surface area contributed by atoms with Crippen LogP contribution in [0.3, 0.4) is 0 Å². The molecule has 0 saturated heterocycles. The van der Waals surface area contributed by atoms with E-state index < -0.39 is 6.16 Å². The largest absolute Gasteiger partial charge is 0.540 e. The summed E-state index contributed by atoms with van der Waals surface area (Å²) in [4.78, 5) is 18.6. The smallest absolute Gasteiger partial charge is 0.433 e. The van der Waals surface area contributed by atoms with Gasteiger partial charge in [-0.15, -0.1) is 0 Å². The Morgan fingerprint density at radius 2 is 1.90 bits per heavy atom. The molecule has 0 rings (SSSR count). The molecule has 0 spiro atoms. The Kier molecular flexibility index (Phi) is 11.3. The molecule has 0 saturated carbocycles. The summed E-state index contributed by atoms with van der Waals surface area (Å²) in [6.45, 7) is 4.02. The molecule has 0 aromatic carbocycles. The van der Waals surface area contributed by atoms with Crippen LogP contribution >= 0.6 is 0 Å². The molecule has 58 valence electrons. The van der Waals surface area contributed by atoms with E-state index in [4.69, 9.17) is 0 Å². The first-order valence-electron chi connectivity index (χ1n) is 2.77. The zero-order chi connectivity index (χ0) is 7.11. The first kappa shape index (κ1) is 12.6. The molecule has 0 amide bonds. The molecule has 0 N–H and O–H groups in total. The Morgan fingerprint density at radius 3 is 2.30 bits per heavy atom. The van der Waals surface area contributed by atoms with Crippen molar-refractivity contribution in [1.82, 2.24) is 0 Å². The summed E-state index contributed by atoms with van der Waals surface area (Å²) in [6, 6.07) is 0. The molecular formula is C5H10O4Ti. The van der Waals surface area contributed by atoms with E-state index in [0.717, 1.165) is 0 Å². The van der Waals surface area contributed by atoms with Crippen LogP contribution in [0.15, 0.2) is 0 Å². The van der Waals surface area contributed by atoms with Crippen LogP contribution in [0.25, 0.3) is 0 Å². The molecule has 0 unspecified atom stereocenters. The van der Waals surface area contributed by atoms with Crippen LogP contribution in [0.1, 0.15) is 13.8 Å². The monoisotopic (exact) mass is 182 g/mol. The maximum atomic E-state index is 10.2. The number of hydrogen-bond acceptors (Lipinski definition) is 4. The van der Waals surface area contributed by atoms with Crippen LogP contribution in [0, 0.1) is 0 Å². The topological polar surface area (TPSA) is 44.8 Å². The van der Waals surface area contributed by atoms with E-state index in [2.05, 4.69) is 14.5 Å². The van der Waals surface area contributed by atoms with Crippen LogP contribution in [0.5, 0.6) is 0 Å². The van der Waals surface area contributed by atoms with Crippen molar-refractivity contribution in [3.63, 3.8) is 0 Å². The quantitative estimate of drug-likeness (QED) is 0.284. The second kappa shape index (κ2) is 8.94. The van der Waals surface area contributed by atoms with Gasteiger partial charge in [0.25, 0.3) is 0 Å². The maximum Gasteiger partial charge on any atom is 0.540 e. The minimum absolute atomic E-state index is 0. The van der Waals surface area contributed by atoms with E-state index in [0.29, 0.717) is 13.2 Å². The second-order valence-electron chi connectivity index (χ2n) is 1.17. The molecule has 0 aliphatic rings. The molecule has 0 aromatic heterocycles. The van der Waals surface area contributed by atoms with Gasteiger partial charge in [-0.05, 0) is 13.8 Å². The number of ether oxygens (including phenoxy) is 1. The molecule has 0 fully saturated rings. The van der Waals surface area contributed by atoms with E-state index >= 15 is 0 Å². The Bertz CT molecular complexity index is 85.7. The van der Waals surface area contributed by atoms with E-state index in [9.17, 15) is 4.79 Å². The van der Waals surface area contributed by atoms with Gasteiger partial charge < -0.3 is 4.74 Å². The van der Waals surface area contributed by atoms with Crippen molar-refractivity contribution in [3.05, 3.63) is 0 Å². The van der Waals surface area contributed by atoms with Gasteiger partial charge in [-0.1, -0.05) is 0 Å². The molecule has 0 radical (unpaired) electrons. The van der Waals surface area contributed by atoms with Crippen LogP contribution in [-0.4, -0.2) is 19.4 Å². The Hall–Kier alpha value is -0.0557. The maximum absolute atomic E-state index is 10.2. The normalized spacial score (nSPS) is 7.80. The van der Waals surface area contributed by atoms with E-state index in [1.807, 2.05) is 0 Å². The molecule has 0 atom stereocenters. The third-order valence-corrected chi connectivity index (χ3v) is 0.507. The SMILES string of the molecule is CCOOC(=O)OCC.[Ti]. The van der Waals surface area contributed by atoms with Crippen molar-refractivity contribution in [2.24, 2.45) is 0 Å². The van der Waals surface area contributed by atoms with Crippen LogP contribution in [0.2, 0.25) is 0 Å². The zero-order valence-electron chi connectivity index (χ0n) is 6.05. The molecule has 10 heavy (non-hydrogen) atoms. The predicted molar refractivity (Wildman–Crippen MR) is 29.7 cm³/mol. The number of carbonyl (C=O) groups excluding carboxylic acids is 1. The average Bonchev–Trinajstić information content (AvgIpc) is 1.85. The van der Waals surface area contributed by atoms with Crippen LogP contribution in [-0.2, 0) is 36.2 Å². The van der Waals surface area contributed by atoms with Gasteiger partial charge in [0.1, 0.15) is 0 Å². The number of carbonyl (C=O) groups is 1. The molecule has 0 heterocycles. The van der Waals surface area contributed by atoms with Gasteiger partial charge in [0.05, 0.1) is 13.2 Å². The summed E-state index contributed by atoms with van der Waals surface area (Å²) in [5.74, 6) is 0. The summed E-state index contributed by atoms with van der Waals surface area (Å²) >= 11 is 0. The van der Waals surface area contributed by atoms with Crippen molar-refractivity contribution in [2.75, 3.05) is 13.2 Å². The van der Waals surface area contributed by atoms with Crippen molar-refractivity contribution >= 4 is 6.16 Å². The second-order valence-corrected chi connectivity index (χ2v) is 1.17. The van der Waals surface area contributed by atoms with Gasteiger partial charge in [0.15, 0.2) is 0 Å². The molecule has 5 heteroatoms. The van der Waals surface area contributed by atoms with Crippen LogP contribution in [0.4, 0.5) is 4.79 Å². The Labute approximate surface area is 74.6 Å². The minimum Gasteiger partial charge on any atom is -0.433 e.